The van der Waals surface area contributed by atoms with Gasteiger partial charge in [-0.1, -0.05) is 45.9 Å². The molecular formula is C19H14BrN5O3S. The second kappa shape index (κ2) is 8.58. The van der Waals surface area contributed by atoms with Crippen molar-refractivity contribution in [2.75, 3.05) is 10.8 Å². The minimum atomic E-state index is -0.306. The second-order valence-electron chi connectivity index (χ2n) is 5.98. The lowest BCUT2D eigenvalue weighted by molar-refractivity contribution is -0.117. The van der Waals surface area contributed by atoms with E-state index in [0.29, 0.717) is 17.4 Å². The van der Waals surface area contributed by atoms with E-state index in [9.17, 15) is 9.59 Å². The number of thioether (sulfide) groups is 1. The van der Waals surface area contributed by atoms with Crippen LogP contribution in [0.2, 0.25) is 0 Å². The third kappa shape index (κ3) is 4.72. The van der Waals surface area contributed by atoms with Crippen molar-refractivity contribution >= 4 is 51.0 Å². The molecule has 1 aliphatic heterocycles. The van der Waals surface area contributed by atoms with Crippen molar-refractivity contribution < 1.29 is 14.0 Å². The molecule has 29 heavy (non-hydrogen) atoms. The van der Waals surface area contributed by atoms with Crippen molar-refractivity contribution in [3.05, 3.63) is 59.1 Å². The molecule has 1 aromatic heterocycles. The van der Waals surface area contributed by atoms with Crippen molar-refractivity contribution in [2.45, 2.75) is 11.6 Å². The number of halogens is 1. The van der Waals surface area contributed by atoms with Crippen LogP contribution >= 0.6 is 27.7 Å². The Kier molecular flexibility index (Phi) is 5.72. The van der Waals surface area contributed by atoms with Gasteiger partial charge in [0.2, 0.25) is 11.8 Å². The Bertz CT molecular complexity index is 1070. The van der Waals surface area contributed by atoms with Gasteiger partial charge >= 0.3 is 0 Å². The summed E-state index contributed by atoms with van der Waals surface area (Å²) in [5.41, 5.74) is 1.44. The molecule has 0 spiro atoms. The highest BCUT2D eigenvalue weighted by atomic mass is 79.9. The first-order chi connectivity index (χ1) is 14.1. The lowest BCUT2D eigenvalue weighted by Gasteiger charge is -2.10. The maximum Gasteiger partial charge on any atom is 0.277 e. The molecule has 0 unspecified atom stereocenters. The lowest BCUT2D eigenvalue weighted by Crippen LogP contribution is -2.31. The smallest absolute Gasteiger partial charge is 0.277 e. The molecule has 0 aliphatic carbocycles. The summed E-state index contributed by atoms with van der Waals surface area (Å²) >= 11 is 4.48. The normalized spacial score (nSPS) is 13.5. The van der Waals surface area contributed by atoms with E-state index in [1.165, 1.54) is 5.01 Å². The monoisotopic (exact) mass is 471 g/mol. The van der Waals surface area contributed by atoms with Crippen LogP contribution in [0.5, 0.6) is 0 Å². The van der Waals surface area contributed by atoms with E-state index in [2.05, 4.69) is 36.5 Å². The van der Waals surface area contributed by atoms with Gasteiger partial charge in [0, 0.05) is 10.0 Å². The number of carbonyl (C=O) groups is 2. The third-order valence-electron chi connectivity index (χ3n) is 3.88. The van der Waals surface area contributed by atoms with Crippen molar-refractivity contribution in [3.63, 3.8) is 0 Å². The van der Waals surface area contributed by atoms with E-state index in [4.69, 9.17) is 4.42 Å². The molecule has 2 aromatic carbocycles. The lowest BCUT2D eigenvalue weighted by atomic mass is 10.2. The zero-order chi connectivity index (χ0) is 20.2. The van der Waals surface area contributed by atoms with Crippen molar-refractivity contribution in [2.24, 2.45) is 5.10 Å². The number of amidine groups is 1. The van der Waals surface area contributed by atoms with Crippen LogP contribution in [0.25, 0.3) is 11.5 Å². The summed E-state index contributed by atoms with van der Waals surface area (Å²) in [6, 6.07) is 16.5. The van der Waals surface area contributed by atoms with Crippen molar-refractivity contribution in [3.8, 4) is 11.5 Å². The Balaban J connectivity index is 1.33. The topological polar surface area (TPSA) is 101 Å². The highest BCUT2D eigenvalue weighted by Gasteiger charge is 2.26. The van der Waals surface area contributed by atoms with E-state index in [-0.39, 0.29) is 29.2 Å². The van der Waals surface area contributed by atoms with Crippen LogP contribution in [0.4, 0.5) is 5.69 Å². The number of amides is 2. The first-order valence-corrected chi connectivity index (χ1v) is 10.3. The van der Waals surface area contributed by atoms with E-state index in [0.717, 1.165) is 21.8 Å². The van der Waals surface area contributed by atoms with Crippen LogP contribution in [0.1, 0.15) is 6.42 Å². The van der Waals surface area contributed by atoms with Crippen molar-refractivity contribution in [1.82, 2.24) is 15.5 Å². The highest BCUT2D eigenvalue weighted by Crippen LogP contribution is 2.24. The number of nitrogens with one attached hydrogen (secondary N) is 1. The van der Waals surface area contributed by atoms with E-state index in [1.54, 1.807) is 12.1 Å². The molecule has 0 bridgehead atoms. The van der Waals surface area contributed by atoms with Gasteiger partial charge in [0.05, 0.1) is 17.9 Å². The molecule has 146 valence electrons. The van der Waals surface area contributed by atoms with E-state index in [1.807, 2.05) is 42.5 Å². The number of hydrazone groups is 1. The standard InChI is InChI=1S/C19H14BrN5O3S/c20-13-8-6-12(7-9-13)18-22-23-19(28-18)29-11-16(26)21-15-10-17(27)25(24-15)14-4-2-1-3-5-14/h1-9H,10-11H2,(H,21,24,26). The average molecular weight is 472 g/mol. The van der Waals surface area contributed by atoms with Crippen molar-refractivity contribution in [1.29, 1.82) is 0 Å². The first kappa shape index (κ1) is 19.3. The predicted molar refractivity (Wildman–Crippen MR) is 112 cm³/mol. The van der Waals surface area contributed by atoms with Gasteiger partial charge in [0.15, 0.2) is 0 Å². The Morgan fingerprint density at radius 2 is 1.90 bits per heavy atom. The molecule has 0 atom stereocenters. The van der Waals surface area contributed by atoms with Gasteiger partial charge in [-0.05, 0) is 36.4 Å². The molecule has 3 aromatic rings. The number of rotatable bonds is 5. The number of nitrogens with zero attached hydrogens (tertiary/aromatic N) is 4. The zero-order valence-electron chi connectivity index (χ0n) is 14.9. The molecule has 2 amide bonds. The fourth-order valence-electron chi connectivity index (χ4n) is 2.57. The van der Waals surface area contributed by atoms with Crippen LogP contribution < -0.4 is 10.3 Å². The molecule has 10 heteroatoms. The van der Waals surface area contributed by atoms with Gasteiger partial charge < -0.3 is 9.73 Å². The van der Waals surface area contributed by atoms with Gasteiger partial charge in [0.25, 0.3) is 11.1 Å². The Morgan fingerprint density at radius 1 is 1.14 bits per heavy atom. The fourth-order valence-corrected chi connectivity index (χ4v) is 3.40. The first-order valence-electron chi connectivity index (χ1n) is 8.56. The Labute approximate surface area is 178 Å². The quantitative estimate of drug-likeness (QED) is 0.571. The Morgan fingerprint density at radius 3 is 2.66 bits per heavy atom. The summed E-state index contributed by atoms with van der Waals surface area (Å²) < 4.78 is 6.52. The molecule has 0 radical (unpaired) electrons. The molecule has 8 nitrogen and oxygen atoms in total. The van der Waals surface area contributed by atoms with E-state index < -0.39 is 0 Å². The zero-order valence-corrected chi connectivity index (χ0v) is 17.3. The van der Waals surface area contributed by atoms with Crippen LogP contribution in [0, 0.1) is 0 Å². The fraction of sp³-hybridized carbons (Fsp3) is 0.105. The predicted octanol–water partition coefficient (Wildman–Crippen LogP) is 3.46. The number of hydrogen-bond donors (Lipinski definition) is 1. The summed E-state index contributed by atoms with van der Waals surface area (Å²) in [6.07, 6.45) is 0.0412. The van der Waals surface area contributed by atoms with Gasteiger partial charge in [-0.3, -0.25) is 9.59 Å². The third-order valence-corrected chi connectivity index (χ3v) is 5.23. The number of para-hydroxylation sites is 1. The summed E-state index contributed by atoms with van der Waals surface area (Å²) in [5, 5.41) is 16.4. The maximum atomic E-state index is 12.2. The molecule has 2 heterocycles. The van der Waals surface area contributed by atoms with Gasteiger partial charge in [-0.2, -0.15) is 10.1 Å². The largest absolute Gasteiger partial charge is 0.411 e. The van der Waals surface area contributed by atoms with E-state index >= 15 is 0 Å². The molecule has 0 fully saturated rings. The van der Waals surface area contributed by atoms with Crippen LogP contribution in [0.15, 0.2) is 73.8 Å². The maximum absolute atomic E-state index is 12.2. The number of anilines is 1. The minimum absolute atomic E-state index is 0.0412. The van der Waals surface area contributed by atoms with Crippen LogP contribution in [0.3, 0.4) is 0 Å². The molecule has 1 N–H and O–H groups in total. The number of aromatic nitrogens is 2. The molecule has 1 aliphatic rings. The summed E-state index contributed by atoms with van der Waals surface area (Å²) in [4.78, 5) is 24.3. The summed E-state index contributed by atoms with van der Waals surface area (Å²) in [7, 11) is 0. The number of benzene rings is 2. The summed E-state index contributed by atoms with van der Waals surface area (Å²) in [5.74, 6) is 0.241. The van der Waals surface area contributed by atoms with Gasteiger partial charge in [0.1, 0.15) is 5.84 Å². The van der Waals surface area contributed by atoms with Gasteiger partial charge in [-0.25, -0.2) is 0 Å². The summed E-state index contributed by atoms with van der Waals surface area (Å²) in [6.45, 7) is 0. The molecule has 0 saturated carbocycles. The number of carbonyl (C=O) groups excluding carboxylic acids is 2. The molecule has 4 rings (SSSR count). The Hall–Kier alpha value is -2.98. The SMILES string of the molecule is O=C(CSc1nnc(-c2ccc(Br)cc2)o1)NC1=NN(c2ccccc2)C(=O)C1. The second-order valence-corrected chi connectivity index (χ2v) is 7.82. The van der Waals surface area contributed by atoms with Crippen LogP contribution in [-0.2, 0) is 9.59 Å². The highest BCUT2D eigenvalue weighted by molar-refractivity contribution is 9.10. The molecular weight excluding hydrogens is 458 g/mol. The van der Waals surface area contributed by atoms with Crippen LogP contribution in [-0.4, -0.2) is 33.6 Å². The average Bonchev–Trinajstić information content (AvgIpc) is 3.34. The minimum Gasteiger partial charge on any atom is -0.411 e. The molecule has 0 saturated heterocycles. The number of hydrogen-bond acceptors (Lipinski definition) is 7. The van der Waals surface area contributed by atoms with Gasteiger partial charge in [-0.15, -0.1) is 10.2 Å².